The summed E-state index contributed by atoms with van der Waals surface area (Å²) in [6, 6.07) is 11.0. The molecule has 2 aromatic carbocycles. The third-order valence-electron chi connectivity index (χ3n) is 4.78. The first-order valence-electron chi connectivity index (χ1n) is 8.55. The van der Waals surface area contributed by atoms with Gasteiger partial charge in [-0.1, -0.05) is 24.3 Å². The highest BCUT2D eigenvalue weighted by Gasteiger charge is 2.37. The lowest BCUT2D eigenvalue weighted by atomic mass is 10.0. The molecule has 2 amide bonds. The molecule has 1 aliphatic heterocycles. The molecule has 1 fully saturated rings. The lowest BCUT2D eigenvalue weighted by Gasteiger charge is -2.39. The maximum Gasteiger partial charge on any atom is 0.416 e. The summed E-state index contributed by atoms with van der Waals surface area (Å²) in [5, 5.41) is 0. The molecule has 1 heterocycles. The number of amides is 2. The zero-order valence-electron chi connectivity index (χ0n) is 15.0. The van der Waals surface area contributed by atoms with Gasteiger partial charge in [0.05, 0.1) is 5.56 Å². The standard InChI is InChI=1S/C20H19F3N2O2/c1-13-6-3-4-9-17(13)19(27)24-10-11-25(18(26)14(24)2)16-8-5-7-15(12-16)20(21,22)23/h3-9,12,14H,10-11H2,1-2H3/t14-/m0/s1. The Kier molecular flexibility index (Phi) is 4.95. The first-order chi connectivity index (χ1) is 12.7. The topological polar surface area (TPSA) is 40.6 Å². The van der Waals surface area contributed by atoms with Crippen LogP contribution in [-0.2, 0) is 11.0 Å². The van der Waals surface area contributed by atoms with Gasteiger partial charge in [-0.15, -0.1) is 0 Å². The molecule has 0 radical (unpaired) electrons. The fourth-order valence-electron chi connectivity index (χ4n) is 3.22. The number of carbonyl (C=O) groups is 2. The van der Waals surface area contributed by atoms with Gasteiger partial charge in [0.2, 0.25) is 5.91 Å². The molecule has 27 heavy (non-hydrogen) atoms. The molecule has 0 saturated carbocycles. The minimum absolute atomic E-state index is 0.141. The van der Waals surface area contributed by atoms with Gasteiger partial charge in [-0.25, -0.2) is 0 Å². The van der Waals surface area contributed by atoms with E-state index in [1.807, 2.05) is 19.1 Å². The van der Waals surface area contributed by atoms with E-state index >= 15 is 0 Å². The van der Waals surface area contributed by atoms with Gasteiger partial charge in [0.15, 0.2) is 0 Å². The number of nitrogens with zero attached hydrogens (tertiary/aromatic N) is 2. The van der Waals surface area contributed by atoms with Crippen LogP contribution in [0, 0.1) is 6.92 Å². The van der Waals surface area contributed by atoms with Crippen LogP contribution in [-0.4, -0.2) is 35.8 Å². The number of hydrogen-bond donors (Lipinski definition) is 0. The fraction of sp³-hybridized carbons (Fsp3) is 0.300. The average Bonchev–Trinajstić information content (AvgIpc) is 2.63. The molecule has 0 N–H and O–H groups in total. The van der Waals surface area contributed by atoms with E-state index in [4.69, 9.17) is 0 Å². The quantitative estimate of drug-likeness (QED) is 0.798. The number of carbonyl (C=O) groups excluding carboxylic acids is 2. The van der Waals surface area contributed by atoms with Gasteiger partial charge in [0.1, 0.15) is 6.04 Å². The van der Waals surface area contributed by atoms with Gasteiger partial charge in [-0.05, 0) is 43.7 Å². The van der Waals surface area contributed by atoms with Crippen molar-refractivity contribution < 1.29 is 22.8 Å². The third-order valence-corrected chi connectivity index (χ3v) is 4.78. The highest BCUT2D eigenvalue weighted by atomic mass is 19.4. The SMILES string of the molecule is Cc1ccccc1C(=O)N1CCN(c2cccc(C(F)(F)F)c2)C(=O)[C@@H]1C. The van der Waals surface area contributed by atoms with Gasteiger partial charge < -0.3 is 9.80 Å². The van der Waals surface area contributed by atoms with E-state index in [2.05, 4.69) is 0 Å². The minimum atomic E-state index is -4.48. The van der Waals surface area contributed by atoms with Crippen LogP contribution in [0.5, 0.6) is 0 Å². The molecule has 1 aliphatic rings. The molecule has 0 aromatic heterocycles. The van der Waals surface area contributed by atoms with Crippen molar-refractivity contribution in [3.63, 3.8) is 0 Å². The molecular formula is C20H19F3N2O2. The number of anilines is 1. The van der Waals surface area contributed by atoms with Crippen LogP contribution in [0.4, 0.5) is 18.9 Å². The highest BCUT2D eigenvalue weighted by Crippen LogP contribution is 2.32. The van der Waals surface area contributed by atoms with Crippen molar-refractivity contribution in [1.82, 2.24) is 4.90 Å². The number of rotatable bonds is 2. The lowest BCUT2D eigenvalue weighted by Crippen LogP contribution is -2.57. The number of hydrogen-bond acceptors (Lipinski definition) is 2. The second-order valence-electron chi connectivity index (χ2n) is 6.53. The number of alkyl halides is 3. The lowest BCUT2D eigenvalue weighted by molar-refractivity contribution is -0.137. The van der Waals surface area contributed by atoms with Crippen LogP contribution in [0.15, 0.2) is 48.5 Å². The summed E-state index contributed by atoms with van der Waals surface area (Å²) in [7, 11) is 0. The van der Waals surface area contributed by atoms with Gasteiger partial charge in [0.25, 0.3) is 5.91 Å². The molecule has 0 aliphatic carbocycles. The monoisotopic (exact) mass is 376 g/mol. The van der Waals surface area contributed by atoms with Crippen molar-refractivity contribution in [2.75, 3.05) is 18.0 Å². The predicted octanol–water partition coefficient (Wildman–Crippen LogP) is 3.89. The Hall–Kier alpha value is -2.83. The maximum atomic E-state index is 12.9. The molecule has 0 unspecified atom stereocenters. The van der Waals surface area contributed by atoms with E-state index in [9.17, 15) is 22.8 Å². The second-order valence-corrected chi connectivity index (χ2v) is 6.53. The average molecular weight is 376 g/mol. The number of piperazine rings is 1. The number of halogens is 3. The summed E-state index contributed by atoms with van der Waals surface area (Å²) < 4.78 is 38.8. The van der Waals surface area contributed by atoms with E-state index in [-0.39, 0.29) is 24.7 Å². The summed E-state index contributed by atoms with van der Waals surface area (Å²) in [5.74, 6) is -0.653. The maximum absolute atomic E-state index is 12.9. The van der Waals surface area contributed by atoms with Gasteiger partial charge >= 0.3 is 6.18 Å². The van der Waals surface area contributed by atoms with Crippen molar-refractivity contribution >= 4 is 17.5 Å². The van der Waals surface area contributed by atoms with Crippen LogP contribution in [0.25, 0.3) is 0 Å². The molecular weight excluding hydrogens is 357 g/mol. The Labute approximate surface area is 155 Å². The fourth-order valence-corrected chi connectivity index (χ4v) is 3.22. The van der Waals surface area contributed by atoms with Crippen molar-refractivity contribution in [3.05, 3.63) is 65.2 Å². The molecule has 142 valence electrons. The van der Waals surface area contributed by atoms with Crippen molar-refractivity contribution in [3.8, 4) is 0 Å². The van der Waals surface area contributed by atoms with Gasteiger partial charge in [-0.3, -0.25) is 9.59 Å². The first kappa shape index (κ1) is 18.9. The summed E-state index contributed by atoms with van der Waals surface area (Å²) in [6.45, 7) is 3.80. The zero-order valence-corrected chi connectivity index (χ0v) is 15.0. The summed E-state index contributed by atoms with van der Waals surface area (Å²) >= 11 is 0. The van der Waals surface area contributed by atoms with Crippen molar-refractivity contribution in [2.45, 2.75) is 26.1 Å². The summed E-state index contributed by atoms with van der Waals surface area (Å²) in [4.78, 5) is 28.4. The molecule has 2 aromatic rings. The molecule has 0 bridgehead atoms. The van der Waals surface area contributed by atoms with E-state index < -0.39 is 23.7 Å². The van der Waals surface area contributed by atoms with Crippen LogP contribution in [0.1, 0.15) is 28.4 Å². The Morgan fingerprint density at radius 2 is 1.78 bits per heavy atom. The highest BCUT2D eigenvalue weighted by molar-refractivity contribution is 6.03. The first-order valence-corrected chi connectivity index (χ1v) is 8.55. The Bertz CT molecular complexity index is 880. The summed E-state index contributed by atoms with van der Waals surface area (Å²) in [5.41, 5.74) is 0.704. The minimum Gasteiger partial charge on any atom is -0.325 e. The molecule has 7 heteroatoms. The molecule has 3 rings (SSSR count). The zero-order chi connectivity index (χ0) is 19.8. The largest absolute Gasteiger partial charge is 0.416 e. The molecule has 1 saturated heterocycles. The van der Waals surface area contributed by atoms with Crippen LogP contribution >= 0.6 is 0 Å². The number of benzene rings is 2. The third kappa shape index (κ3) is 3.67. The van der Waals surface area contributed by atoms with Crippen LogP contribution in [0.3, 0.4) is 0 Å². The predicted molar refractivity (Wildman–Crippen MR) is 95.5 cm³/mol. The van der Waals surface area contributed by atoms with Crippen molar-refractivity contribution in [2.24, 2.45) is 0 Å². The van der Waals surface area contributed by atoms with Crippen molar-refractivity contribution in [1.29, 1.82) is 0 Å². The number of aryl methyl sites for hydroxylation is 1. The van der Waals surface area contributed by atoms with E-state index in [0.29, 0.717) is 5.56 Å². The van der Waals surface area contributed by atoms with E-state index in [0.717, 1.165) is 17.7 Å². The molecule has 4 nitrogen and oxygen atoms in total. The van der Waals surface area contributed by atoms with Gasteiger partial charge in [-0.2, -0.15) is 13.2 Å². The second kappa shape index (κ2) is 7.06. The summed E-state index contributed by atoms with van der Waals surface area (Å²) in [6.07, 6.45) is -4.48. The Morgan fingerprint density at radius 3 is 2.44 bits per heavy atom. The van der Waals surface area contributed by atoms with E-state index in [1.165, 1.54) is 21.9 Å². The Balaban J connectivity index is 1.83. The molecule has 0 spiro atoms. The Morgan fingerprint density at radius 1 is 1.07 bits per heavy atom. The van der Waals surface area contributed by atoms with E-state index in [1.54, 1.807) is 19.1 Å². The van der Waals surface area contributed by atoms with Gasteiger partial charge in [0, 0.05) is 24.3 Å². The van der Waals surface area contributed by atoms with Crippen LogP contribution in [0.2, 0.25) is 0 Å². The normalized spacial score (nSPS) is 18.0. The smallest absolute Gasteiger partial charge is 0.325 e. The molecule has 1 atom stereocenters. The van der Waals surface area contributed by atoms with Crippen LogP contribution < -0.4 is 4.90 Å².